The molecule has 2 saturated heterocycles. The number of ketones is 3. The van der Waals surface area contributed by atoms with Gasteiger partial charge in [0.1, 0.15) is 41.2 Å². The van der Waals surface area contributed by atoms with Gasteiger partial charge in [0.25, 0.3) is 11.7 Å². The number of piperidine rings is 1. The molecule has 78 heavy (non-hydrogen) atoms. The number of amides is 1. The Bertz CT molecular complexity index is 2190. The summed E-state index contributed by atoms with van der Waals surface area (Å²) in [5.74, 6) is -10.1. The lowest BCUT2D eigenvalue weighted by Gasteiger charge is -2.42. The first-order valence-corrected chi connectivity index (χ1v) is 28.8. The van der Waals surface area contributed by atoms with Gasteiger partial charge < -0.3 is 53.4 Å². The van der Waals surface area contributed by atoms with E-state index in [1.54, 1.807) is 47.8 Å². The predicted octanol–water partition coefficient (Wildman–Crippen LogP) is 7.06. The second-order valence-corrected chi connectivity index (χ2v) is 24.3. The zero-order valence-electron chi connectivity index (χ0n) is 48.1. The molecule has 0 radical (unpaired) electrons. The summed E-state index contributed by atoms with van der Waals surface area (Å²) in [5, 5.41) is 33.8. The van der Waals surface area contributed by atoms with Crippen molar-refractivity contribution in [1.29, 1.82) is 0 Å². The number of nitrogens with zero attached hydrogens (tertiary/aromatic N) is 1. The summed E-state index contributed by atoms with van der Waals surface area (Å²) in [5.41, 5.74) is -0.422. The van der Waals surface area contributed by atoms with Crippen LogP contribution in [-0.4, -0.2) is 162 Å². The molecule has 0 aromatic heterocycles. The molecule has 3 fully saturated rings. The topological polar surface area (TPSA) is 248 Å². The molecule has 4 rings (SSSR count). The fraction of sp³-hybridized carbons (Fsp3) is 0.746. The smallest absolute Gasteiger partial charge is 0.329 e. The van der Waals surface area contributed by atoms with Gasteiger partial charge in [0.15, 0.2) is 11.6 Å². The van der Waals surface area contributed by atoms with Gasteiger partial charge in [-0.1, -0.05) is 87.0 Å². The number of aliphatic hydroxyl groups is 3. The van der Waals surface area contributed by atoms with Crippen LogP contribution in [0.3, 0.4) is 0 Å². The Morgan fingerprint density at radius 2 is 1.60 bits per heavy atom. The zero-order chi connectivity index (χ0) is 58.2. The van der Waals surface area contributed by atoms with Gasteiger partial charge in [-0.15, -0.1) is 0 Å². The van der Waals surface area contributed by atoms with E-state index in [9.17, 15) is 48.9 Å². The van der Waals surface area contributed by atoms with Gasteiger partial charge in [-0.05, 0) is 121 Å². The normalized spacial score (nSPS) is 35.3. The van der Waals surface area contributed by atoms with Crippen molar-refractivity contribution >= 4 is 57.1 Å². The number of aliphatic hydroxyl groups excluding tert-OH is 2. The minimum absolute atomic E-state index is 0.0123. The van der Waals surface area contributed by atoms with Crippen LogP contribution in [0.1, 0.15) is 139 Å². The van der Waals surface area contributed by atoms with Gasteiger partial charge in [-0.25, -0.2) is 4.79 Å². The molecule has 3 aliphatic heterocycles. The van der Waals surface area contributed by atoms with Crippen molar-refractivity contribution in [2.75, 3.05) is 41.1 Å². The number of carbonyl (C=O) groups is 7. The van der Waals surface area contributed by atoms with Crippen LogP contribution in [0.25, 0.3) is 0 Å². The molecular formula is C59H90BrNO17. The summed E-state index contributed by atoms with van der Waals surface area (Å²) in [6.07, 6.45) is 9.43. The number of allylic oxidation sites excluding steroid dienone is 6. The third kappa shape index (κ3) is 17.8. The number of carbonyl (C=O) groups excluding carboxylic acids is 7. The largest absolute Gasteiger partial charge is 0.464 e. The number of cyclic esters (lactones) is 1. The standard InChI is InChI=1S/C59H90BrNO17/c1-34-18-14-13-15-19-35(2)47(72-10)30-43-23-21-40(7)59(71,78-43)53(66)54(67)61-25-17-16-20-44(61)56(69)76-48(31-45(63)36(3)27-39(6)51(65)52(74-12)50(64)38(5)26-34)37(4)28-42-22-24-46(49(29-42)73-11)77-57(70)58(9,32-62)33-75-55(68)41(8)60/h13-15,18-19,27,34,37-44,46-49,51-52,62,65,71H,16-17,20-26,28-33H2,1-12H3/b15-13?,18-14?,35-19?,36-27+/t34?,37-,38+,39?,40+,41?,42-,43-,44?,46+,47-,48-,49+,51+,52?,58?,59+/m0/s1. The van der Waals surface area contributed by atoms with E-state index in [0.29, 0.717) is 57.8 Å². The SMILES string of the molecule is COC1C(=O)[C@H](C)CC(C)C=CC=CC=C(C)[C@@H](OC)C[C@@H]2CC[C@@H](C)[C@@](O)(O2)C(=O)C(=O)N2CCCCC2C(=O)O[C@H]([C@@H](C)C[C@@H]2CC[C@@H](OC(=O)C(C)(CO)COC(=O)C(C)Br)[C@H](OC)C2)CC(=O)/C(C)=C/C(C)[C@H]1O. The van der Waals surface area contributed by atoms with Gasteiger partial charge >= 0.3 is 17.9 Å². The minimum atomic E-state index is -2.48. The van der Waals surface area contributed by atoms with Crippen LogP contribution in [0, 0.1) is 40.9 Å². The first-order chi connectivity index (χ1) is 36.7. The molecule has 3 N–H and O–H groups in total. The van der Waals surface area contributed by atoms with Gasteiger partial charge in [-0.2, -0.15) is 0 Å². The third-order valence-electron chi connectivity index (χ3n) is 16.4. The molecule has 1 aliphatic carbocycles. The van der Waals surface area contributed by atoms with E-state index in [-0.39, 0.29) is 49.0 Å². The van der Waals surface area contributed by atoms with E-state index >= 15 is 0 Å². The Morgan fingerprint density at radius 1 is 0.897 bits per heavy atom. The Balaban J connectivity index is 1.67. The Morgan fingerprint density at radius 3 is 2.24 bits per heavy atom. The summed E-state index contributed by atoms with van der Waals surface area (Å²) in [6.45, 7) is 14.5. The van der Waals surface area contributed by atoms with Crippen molar-refractivity contribution in [1.82, 2.24) is 4.90 Å². The zero-order valence-corrected chi connectivity index (χ0v) is 49.7. The molecule has 18 nitrogen and oxygen atoms in total. The number of alkyl halides is 1. The van der Waals surface area contributed by atoms with E-state index in [1.165, 1.54) is 21.1 Å². The van der Waals surface area contributed by atoms with Crippen LogP contribution >= 0.6 is 15.9 Å². The van der Waals surface area contributed by atoms with E-state index in [1.807, 2.05) is 51.2 Å². The first kappa shape index (κ1) is 66.6. The molecule has 6 unspecified atom stereocenters. The maximum Gasteiger partial charge on any atom is 0.329 e. The van der Waals surface area contributed by atoms with Crippen molar-refractivity contribution in [3.63, 3.8) is 0 Å². The number of fused-ring (bicyclic) bond motifs is 3. The van der Waals surface area contributed by atoms with Crippen molar-refractivity contribution in [3.8, 4) is 0 Å². The molecular weight excluding hydrogens is 1070 g/mol. The summed E-state index contributed by atoms with van der Waals surface area (Å²) < 4.78 is 41.0. The molecule has 17 atom stereocenters. The average Bonchev–Trinajstić information content (AvgIpc) is 3.41. The fourth-order valence-corrected chi connectivity index (χ4v) is 11.2. The lowest BCUT2D eigenvalue weighted by molar-refractivity contribution is -0.265. The number of hydrogen-bond donors (Lipinski definition) is 3. The van der Waals surface area contributed by atoms with E-state index in [0.717, 1.165) is 10.5 Å². The lowest BCUT2D eigenvalue weighted by Crippen LogP contribution is -2.61. The summed E-state index contributed by atoms with van der Waals surface area (Å²) in [6, 6.07) is -1.22. The molecule has 1 saturated carbocycles. The number of hydrogen-bond acceptors (Lipinski definition) is 17. The number of Topliss-reactive ketones (excluding diaryl/α,β-unsaturated/α-hetero) is 3. The highest BCUT2D eigenvalue weighted by molar-refractivity contribution is 9.10. The summed E-state index contributed by atoms with van der Waals surface area (Å²) in [4.78, 5) is 97.7. The highest BCUT2D eigenvalue weighted by atomic mass is 79.9. The molecule has 1 amide bonds. The van der Waals surface area contributed by atoms with Crippen molar-refractivity contribution in [2.24, 2.45) is 40.9 Å². The number of esters is 3. The van der Waals surface area contributed by atoms with Crippen LogP contribution in [-0.2, 0) is 66.7 Å². The molecule has 3 heterocycles. The first-order valence-electron chi connectivity index (χ1n) is 27.9. The molecule has 0 spiro atoms. The Labute approximate surface area is 470 Å². The monoisotopic (exact) mass is 1160 g/mol. The van der Waals surface area contributed by atoms with Crippen molar-refractivity contribution in [2.45, 2.75) is 199 Å². The highest BCUT2D eigenvalue weighted by Gasteiger charge is 2.53. The molecule has 19 heteroatoms. The minimum Gasteiger partial charge on any atom is -0.464 e. The van der Waals surface area contributed by atoms with Gasteiger partial charge in [0, 0.05) is 58.5 Å². The third-order valence-corrected chi connectivity index (χ3v) is 16.8. The highest BCUT2D eigenvalue weighted by Crippen LogP contribution is 2.39. The van der Waals surface area contributed by atoms with Crippen LogP contribution in [0.15, 0.2) is 47.6 Å². The van der Waals surface area contributed by atoms with E-state index < -0.39 is 137 Å². The van der Waals surface area contributed by atoms with Crippen molar-refractivity contribution < 1.29 is 82.0 Å². The van der Waals surface area contributed by atoms with Gasteiger partial charge in [-0.3, -0.25) is 28.8 Å². The average molecular weight is 1170 g/mol. The second kappa shape index (κ2) is 30.8. The molecule has 0 aromatic carbocycles. The summed E-state index contributed by atoms with van der Waals surface area (Å²) >= 11 is 3.14. The van der Waals surface area contributed by atoms with E-state index in [4.69, 9.17) is 33.2 Å². The Hall–Kier alpha value is -3.95. The number of rotatable bonds is 12. The maximum absolute atomic E-state index is 14.6. The quantitative estimate of drug-likeness (QED) is 0.0766. The second-order valence-electron chi connectivity index (χ2n) is 22.9. The van der Waals surface area contributed by atoms with Gasteiger partial charge in [0.05, 0.1) is 31.0 Å². The maximum atomic E-state index is 14.6. The van der Waals surface area contributed by atoms with Crippen LogP contribution < -0.4 is 0 Å². The number of halogens is 1. The van der Waals surface area contributed by atoms with Gasteiger partial charge in [0.2, 0.25) is 5.79 Å². The molecule has 440 valence electrons. The van der Waals surface area contributed by atoms with E-state index in [2.05, 4.69) is 15.9 Å². The number of methoxy groups -OCH3 is 3. The predicted molar refractivity (Wildman–Crippen MR) is 294 cm³/mol. The number of ether oxygens (including phenoxy) is 7. The fourth-order valence-electron chi connectivity index (χ4n) is 11.0. The molecule has 2 bridgehead atoms. The van der Waals surface area contributed by atoms with Crippen molar-refractivity contribution in [3.05, 3.63) is 47.6 Å². The molecule has 0 aromatic rings. The van der Waals surface area contributed by atoms with Crippen LogP contribution in [0.5, 0.6) is 0 Å². The molecule has 4 aliphatic rings. The summed E-state index contributed by atoms with van der Waals surface area (Å²) in [7, 11) is 4.42. The lowest BCUT2D eigenvalue weighted by atomic mass is 9.78. The Kier molecular flexibility index (Phi) is 26.2. The van der Waals surface area contributed by atoms with Crippen LogP contribution in [0.4, 0.5) is 0 Å². The van der Waals surface area contributed by atoms with Crippen LogP contribution in [0.2, 0.25) is 0 Å².